The van der Waals surface area contributed by atoms with Crippen molar-refractivity contribution in [1.29, 1.82) is 0 Å². The highest BCUT2D eigenvalue weighted by atomic mass is 15.3. The molecule has 1 heterocycles. The smallest absolute Gasteiger partial charge is 0.249 e. The number of nitrogens with one attached hydrogen (secondary N) is 2. The number of aromatic nitrogens is 3. The Morgan fingerprint density at radius 1 is 1.09 bits per heavy atom. The van der Waals surface area contributed by atoms with E-state index in [1.54, 1.807) is 6.20 Å². The molecule has 0 aliphatic carbocycles. The van der Waals surface area contributed by atoms with Crippen LogP contribution in [0.1, 0.15) is 52.5 Å². The standard InChI is InChI=1S/C18H27N5/c1-5-6-9-12-19-16-13-20-23-17(22-16)21-15-11-8-7-10-14(15)18(2,3)4/h7-8,10-11,13H,5-6,9,12H2,1-4H3,(H2,19,21,22,23). The first-order valence-electron chi connectivity index (χ1n) is 8.31. The van der Waals surface area contributed by atoms with Crippen molar-refractivity contribution in [2.24, 2.45) is 0 Å². The second-order valence-corrected chi connectivity index (χ2v) is 6.72. The minimum atomic E-state index is 0.0486. The van der Waals surface area contributed by atoms with Crippen molar-refractivity contribution in [3.05, 3.63) is 36.0 Å². The molecule has 0 aliphatic heterocycles. The quantitative estimate of drug-likeness (QED) is 0.736. The normalized spacial score (nSPS) is 11.3. The zero-order valence-corrected chi connectivity index (χ0v) is 14.6. The van der Waals surface area contributed by atoms with Gasteiger partial charge in [-0.3, -0.25) is 0 Å². The summed E-state index contributed by atoms with van der Waals surface area (Å²) >= 11 is 0. The highest BCUT2D eigenvalue weighted by Gasteiger charge is 2.18. The van der Waals surface area contributed by atoms with Gasteiger partial charge in [-0.1, -0.05) is 58.7 Å². The monoisotopic (exact) mass is 313 g/mol. The molecule has 5 nitrogen and oxygen atoms in total. The maximum absolute atomic E-state index is 4.49. The number of rotatable bonds is 7. The van der Waals surface area contributed by atoms with Crippen LogP contribution < -0.4 is 10.6 Å². The van der Waals surface area contributed by atoms with Crippen molar-refractivity contribution >= 4 is 17.5 Å². The molecule has 0 fully saturated rings. The van der Waals surface area contributed by atoms with Crippen LogP contribution in [0.3, 0.4) is 0 Å². The van der Waals surface area contributed by atoms with Crippen LogP contribution in [-0.4, -0.2) is 21.7 Å². The van der Waals surface area contributed by atoms with Gasteiger partial charge in [0.15, 0.2) is 5.82 Å². The second kappa shape index (κ2) is 7.90. The van der Waals surface area contributed by atoms with E-state index >= 15 is 0 Å². The number of hydrogen-bond donors (Lipinski definition) is 2. The van der Waals surface area contributed by atoms with Crippen molar-refractivity contribution in [3.63, 3.8) is 0 Å². The number of nitrogens with zero attached hydrogens (tertiary/aromatic N) is 3. The molecule has 1 aromatic carbocycles. The molecule has 0 saturated heterocycles. The Labute approximate surface area is 139 Å². The first-order chi connectivity index (χ1) is 11.0. The average Bonchev–Trinajstić information content (AvgIpc) is 2.51. The van der Waals surface area contributed by atoms with Crippen molar-refractivity contribution in [3.8, 4) is 0 Å². The summed E-state index contributed by atoms with van der Waals surface area (Å²) in [6.45, 7) is 9.68. The zero-order valence-electron chi connectivity index (χ0n) is 14.6. The summed E-state index contributed by atoms with van der Waals surface area (Å²) in [5, 5.41) is 14.7. The van der Waals surface area contributed by atoms with Gasteiger partial charge in [-0.2, -0.15) is 10.1 Å². The average molecular weight is 313 g/mol. The molecule has 0 bridgehead atoms. The molecule has 0 radical (unpaired) electrons. The summed E-state index contributed by atoms with van der Waals surface area (Å²) in [7, 11) is 0. The fourth-order valence-corrected chi connectivity index (χ4v) is 2.40. The molecule has 0 aliphatic rings. The fraction of sp³-hybridized carbons (Fsp3) is 0.500. The van der Waals surface area contributed by atoms with Crippen molar-refractivity contribution in [1.82, 2.24) is 15.2 Å². The SMILES string of the molecule is CCCCCNc1cnnc(Nc2ccccc2C(C)(C)C)n1. The van der Waals surface area contributed by atoms with E-state index < -0.39 is 0 Å². The Morgan fingerprint density at radius 2 is 1.87 bits per heavy atom. The number of unbranched alkanes of at least 4 members (excludes halogenated alkanes) is 2. The Bertz CT molecular complexity index is 619. The lowest BCUT2D eigenvalue weighted by atomic mass is 9.86. The van der Waals surface area contributed by atoms with Gasteiger partial charge in [-0.05, 0) is 23.5 Å². The summed E-state index contributed by atoms with van der Waals surface area (Å²) in [4.78, 5) is 4.49. The van der Waals surface area contributed by atoms with E-state index in [1.165, 1.54) is 18.4 Å². The topological polar surface area (TPSA) is 62.7 Å². The number of benzene rings is 1. The summed E-state index contributed by atoms with van der Waals surface area (Å²) in [6, 6.07) is 8.24. The predicted octanol–water partition coefficient (Wildman–Crippen LogP) is 4.51. The number of para-hydroxylation sites is 1. The van der Waals surface area contributed by atoms with Crippen LogP contribution in [-0.2, 0) is 5.41 Å². The third-order valence-electron chi connectivity index (χ3n) is 3.63. The Hall–Kier alpha value is -2.17. The third-order valence-corrected chi connectivity index (χ3v) is 3.63. The van der Waals surface area contributed by atoms with Crippen molar-refractivity contribution in [2.75, 3.05) is 17.2 Å². The predicted molar refractivity (Wildman–Crippen MR) is 96.3 cm³/mol. The molecule has 0 saturated carbocycles. The second-order valence-electron chi connectivity index (χ2n) is 6.72. The van der Waals surface area contributed by atoms with Crippen LogP contribution in [0.25, 0.3) is 0 Å². The largest absolute Gasteiger partial charge is 0.369 e. The Balaban J connectivity index is 2.09. The Morgan fingerprint density at radius 3 is 2.61 bits per heavy atom. The molecule has 23 heavy (non-hydrogen) atoms. The molecule has 0 amide bonds. The van der Waals surface area contributed by atoms with E-state index in [9.17, 15) is 0 Å². The molecule has 5 heteroatoms. The minimum absolute atomic E-state index is 0.0486. The van der Waals surface area contributed by atoms with Gasteiger partial charge in [0.2, 0.25) is 5.95 Å². The third kappa shape index (κ3) is 5.20. The Kier molecular flexibility index (Phi) is 5.90. The van der Waals surface area contributed by atoms with E-state index in [-0.39, 0.29) is 5.41 Å². The molecule has 2 aromatic rings. The maximum Gasteiger partial charge on any atom is 0.249 e. The van der Waals surface area contributed by atoms with Crippen molar-refractivity contribution in [2.45, 2.75) is 52.4 Å². The van der Waals surface area contributed by atoms with E-state index in [0.717, 1.165) is 24.5 Å². The van der Waals surface area contributed by atoms with Crippen LogP contribution in [0.5, 0.6) is 0 Å². The first-order valence-corrected chi connectivity index (χ1v) is 8.31. The van der Waals surface area contributed by atoms with Crippen LogP contribution in [0.15, 0.2) is 30.5 Å². The summed E-state index contributed by atoms with van der Waals surface area (Å²) in [6.07, 6.45) is 5.22. The molecule has 0 unspecified atom stereocenters. The lowest BCUT2D eigenvalue weighted by Crippen LogP contribution is -2.14. The zero-order chi connectivity index (χ0) is 16.7. The molecular weight excluding hydrogens is 286 g/mol. The summed E-state index contributed by atoms with van der Waals surface area (Å²) < 4.78 is 0. The number of hydrogen-bond acceptors (Lipinski definition) is 5. The van der Waals surface area contributed by atoms with Gasteiger partial charge in [-0.25, -0.2) is 0 Å². The van der Waals surface area contributed by atoms with Gasteiger partial charge in [0.25, 0.3) is 0 Å². The highest BCUT2D eigenvalue weighted by Crippen LogP contribution is 2.30. The lowest BCUT2D eigenvalue weighted by Gasteiger charge is -2.22. The van der Waals surface area contributed by atoms with Gasteiger partial charge in [0, 0.05) is 12.2 Å². The van der Waals surface area contributed by atoms with Gasteiger partial charge in [0.1, 0.15) is 0 Å². The van der Waals surface area contributed by atoms with Gasteiger partial charge >= 0.3 is 0 Å². The molecule has 124 valence electrons. The molecular formula is C18H27N5. The summed E-state index contributed by atoms with van der Waals surface area (Å²) in [5.74, 6) is 1.27. The van der Waals surface area contributed by atoms with Crippen LogP contribution in [0, 0.1) is 0 Å². The van der Waals surface area contributed by atoms with Gasteiger partial charge in [-0.15, -0.1) is 5.10 Å². The maximum atomic E-state index is 4.49. The highest BCUT2D eigenvalue weighted by molar-refractivity contribution is 5.60. The van der Waals surface area contributed by atoms with E-state index in [1.807, 2.05) is 12.1 Å². The molecule has 2 N–H and O–H groups in total. The minimum Gasteiger partial charge on any atom is -0.369 e. The number of anilines is 3. The van der Waals surface area contributed by atoms with Gasteiger partial charge in [0.05, 0.1) is 6.20 Å². The summed E-state index contributed by atoms with van der Waals surface area (Å²) in [5.41, 5.74) is 2.29. The van der Waals surface area contributed by atoms with Crippen LogP contribution >= 0.6 is 0 Å². The van der Waals surface area contributed by atoms with E-state index in [4.69, 9.17) is 0 Å². The first kappa shape index (κ1) is 17.2. The lowest BCUT2D eigenvalue weighted by molar-refractivity contribution is 0.592. The van der Waals surface area contributed by atoms with E-state index in [0.29, 0.717) is 5.95 Å². The molecule has 2 rings (SSSR count). The van der Waals surface area contributed by atoms with Gasteiger partial charge < -0.3 is 10.6 Å². The fourth-order valence-electron chi connectivity index (χ4n) is 2.40. The van der Waals surface area contributed by atoms with Crippen LogP contribution in [0.2, 0.25) is 0 Å². The molecule has 0 atom stereocenters. The van der Waals surface area contributed by atoms with Crippen molar-refractivity contribution < 1.29 is 0 Å². The molecule has 0 spiro atoms. The van der Waals surface area contributed by atoms with Crippen LogP contribution in [0.4, 0.5) is 17.5 Å². The van der Waals surface area contributed by atoms with E-state index in [2.05, 4.69) is 65.6 Å². The molecule has 1 aromatic heterocycles.